The Morgan fingerprint density at radius 1 is 1.19 bits per heavy atom. The van der Waals surface area contributed by atoms with Crippen LogP contribution in [0.4, 0.5) is 5.69 Å². The van der Waals surface area contributed by atoms with Crippen molar-refractivity contribution in [3.8, 4) is 0 Å². The number of nitrogens with zero attached hydrogens (tertiary/aromatic N) is 2. The van der Waals surface area contributed by atoms with Crippen molar-refractivity contribution in [1.29, 1.82) is 0 Å². The Kier molecular flexibility index (Phi) is 5.41. The first-order chi connectivity index (χ1) is 8.90. The summed E-state index contributed by atoms with van der Waals surface area (Å²) in [5.41, 5.74) is -2.75. The summed E-state index contributed by atoms with van der Waals surface area (Å²) >= 11 is 0. The largest absolute Gasteiger partial charge is 0.283 e. The maximum Gasteiger partial charge on any atom is 0.283 e. The highest BCUT2D eigenvalue weighted by atomic mass is 35.5. The molecule has 2 N–H and O–H groups in total. The molecule has 0 saturated carbocycles. The van der Waals surface area contributed by atoms with Gasteiger partial charge in [-0.05, 0) is 19.1 Å². The molecule has 0 radical (unpaired) electrons. The standard InChI is InChI=1S/C10H13N3O6S.ClH/c1-6-8(20(11,18)19)5-4-7(9(6)12(14)15)10(2,3)13(16)17;/h4-5H,1-3H3,(H2,11,18,19);1H. The minimum atomic E-state index is -4.15. The molecule has 0 saturated heterocycles. The summed E-state index contributed by atoms with van der Waals surface area (Å²) in [7, 11) is -4.15. The van der Waals surface area contributed by atoms with Crippen molar-refractivity contribution in [1.82, 2.24) is 0 Å². The van der Waals surface area contributed by atoms with Crippen LogP contribution in [0.25, 0.3) is 0 Å². The molecule has 21 heavy (non-hydrogen) atoms. The number of rotatable bonds is 4. The lowest BCUT2D eigenvalue weighted by Gasteiger charge is -2.17. The van der Waals surface area contributed by atoms with Gasteiger partial charge in [0.15, 0.2) is 0 Å². The number of nitro groups is 2. The van der Waals surface area contributed by atoms with E-state index >= 15 is 0 Å². The molecule has 0 aliphatic heterocycles. The number of hydrogen-bond donors (Lipinski definition) is 1. The van der Waals surface area contributed by atoms with E-state index in [0.29, 0.717) is 0 Å². The van der Waals surface area contributed by atoms with Crippen molar-refractivity contribution in [3.05, 3.63) is 43.5 Å². The summed E-state index contributed by atoms with van der Waals surface area (Å²) in [6, 6.07) is 2.09. The number of nitrogens with two attached hydrogens (primary N) is 1. The first-order valence-electron chi connectivity index (χ1n) is 5.36. The lowest BCUT2D eigenvalue weighted by molar-refractivity contribution is -0.570. The number of nitro benzene ring substituents is 1. The van der Waals surface area contributed by atoms with E-state index in [-0.39, 0.29) is 23.5 Å². The van der Waals surface area contributed by atoms with E-state index in [2.05, 4.69) is 0 Å². The fraction of sp³-hybridized carbons (Fsp3) is 0.400. The third kappa shape index (κ3) is 3.46. The zero-order chi connectivity index (χ0) is 15.9. The summed E-state index contributed by atoms with van der Waals surface area (Å²) in [5, 5.41) is 27.1. The van der Waals surface area contributed by atoms with E-state index in [4.69, 9.17) is 5.14 Å². The first kappa shape index (κ1) is 19.2. The van der Waals surface area contributed by atoms with Gasteiger partial charge in [-0.1, -0.05) is 0 Å². The molecular formula is C10H14ClN3O6S. The fourth-order valence-electron chi connectivity index (χ4n) is 1.82. The Morgan fingerprint density at radius 3 is 2.00 bits per heavy atom. The van der Waals surface area contributed by atoms with Crippen LogP contribution in [0.15, 0.2) is 17.0 Å². The van der Waals surface area contributed by atoms with E-state index in [0.717, 1.165) is 12.1 Å². The summed E-state index contributed by atoms with van der Waals surface area (Å²) in [4.78, 5) is 20.2. The van der Waals surface area contributed by atoms with Crippen LogP contribution in [0.3, 0.4) is 0 Å². The van der Waals surface area contributed by atoms with Crippen molar-refractivity contribution in [2.45, 2.75) is 31.2 Å². The lowest BCUT2D eigenvalue weighted by atomic mass is 9.91. The normalized spacial score (nSPS) is 11.6. The van der Waals surface area contributed by atoms with Crippen LogP contribution in [0.1, 0.15) is 25.0 Å². The average molecular weight is 340 g/mol. The van der Waals surface area contributed by atoms with Gasteiger partial charge in [0.1, 0.15) is 5.56 Å². The van der Waals surface area contributed by atoms with Crippen LogP contribution in [0, 0.1) is 27.2 Å². The second-order valence-corrected chi connectivity index (χ2v) is 6.23. The summed E-state index contributed by atoms with van der Waals surface area (Å²) in [5.74, 6) is 0. The average Bonchev–Trinajstić information content (AvgIpc) is 2.25. The van der Waals surface area contributed by atoms with Crippen molar-refractivity contribution in [2.24, 2.45) is 5.14 Å². The third-order valence-corrected chi connectivity index (χ3v) is 4.04. The molecule has 0 spiro atoms. The monoisotopic (exact) mass is 339 g/mol. The third-order valence-electron chi connectivity index (χ3n) is 2.99. The van der Waals surface area contributed by atoms with Gasteiger partial charge in [-0.25, -0.2) is 13.6 Å². The molecule has 11 heteroatoms. The van der Waals surface area contributed by atoms with Crippen LogP contribution < -0.4 is 5.14 Å². The van der Waals surface area contributed by atoms with Crippen molar-refractivity contribution >= 4 is 28.1 Å². The van der Waals surface area contributed by atoms with Gasteiger partial charge in [-0.2, -0.15) is 0 Å². The van der Waals surface area contributed by atoms with Gasteiger partial charge < -0.3 is 0 Å². The molecule has 1 aromatic carbocycles. The fourth-order valence-corrected chi connectivity index (χ4v) is 2.60. The van der Waals surface area contributed by atoms with Gasteiger partial charge in [0, 0.05) is 24.3 Å². The van der Waals surface area contributed by atoms with Crippen LogP contribution in [-0.4, -0.2) is 18.3 Å². The Morgan fingerprint density at radius 2 is 1.67 bits per heavy atom. The number of sulfonamides is 1. The molecule has 0 aliphatic carbocycles. The molecule has 0 aliphatic rings. The SMILES string of the molecule is Cc1c(S(N)(=O)=O)ccc(C(C)(C)[N+](=O)[O-])c1[N+](=O)[O-].Cl. The molecule has 0 aromatic heterocycles. The quantitative estimate of drug-likeness (QED) is 0.649. The molecule has 1 rings (SSSR count). The van der Waals surface area contributed by atoms with Gasteiger partial charge >= 0.3 is 0 Å². The van der Waals surface area contributed by atoms with E-state index < -0.39 is 36.0 Å². The van der Waals surface area contributed by atoms with E-state index in [1.807, 2.05) is 0 Å². The van der Waals surface area contributed by atoms with E-state index in [1.165, 1.54) is 20.8 Å². The van der Waals surface area contributed by atoms with Crippen LogP contribution in [-0.2, 0) is 15.6 Å². The molecule has 0 heterocycles. The maximum absolute atomic E-state index is 11.3. The second-order valence-electron chi connectivity index (χ2n) is 4.70. The predicted octanol–water partition coefficient (Wildman–Crippen LogP) is 1.48. The Labute approximate surface area is 126 Å². The number of hydrogen-bond acceptors (Lipinski definition) is 6. The minimum Gasteiger partial charge on any atom is -0.264 e. The summed E-state index contributed by atoms with van der Waals surface area (Å²) in [6.07, 6.45) is 0. The maximum atomic E-state index is 11.3. The summed E-state index contributed by atoms with van der Waals surface area (Å²) in [6.45, 7) is 3.59. The van der Waals surface area contributed by atoms with Crippen molar-refractivity contribution in [3.63, 3.8) is 0 Å². The Bertz CT molecular complexity index is 701. The zero-order valence-electron chi connectivity index (χ0n) is 11.4. The van der Waals surface area contributed by atoms with Crippen LogP contribution in [0.5, 0.6) is 0 Å². The molecule has 0 bridgehead atoms. The van der Waals surface area contributed by atoms with Gasteiger partial charge in [0.05, 0.1) is 9.82 Å². The van der Waals surface area contributed by atoms with Crippen molar-refractivity contribution in [2.75, 3.05) is 0 Å². The van der Waals surface area contributed by atoms with E-state index in [1.54, 1.807) is 0 Å². The molecule has 0 fully saturated rings. The Hall–Kier alpha value is -1.78. The second kappa shape index (κ2) is 5.92. The summed E-state index contributed by atoms with van der Waals surface area (Å²) < 4.78 is 22.7. The van der Waals surface area contributed by atoms with Crippen LogP contribution >= 0.6 is 12.4 Å². The molecular weight excluding hydrogens is 326 g/mol. The highest BCUT2D eigenvalue weighted by molar-refractivity contribution is 7.89. The number of primary sulfonamides is 1. The first-order valence-corrected chi connectivity index (χ1v) is 6.91. The molecule has 1 aromatic rings. The topological polar surface area (TPSA) is 146 Å². The van der Waals surface area contributed by atoms with Gasteiger partial charge in [0.2, 0.25) is 15.6 Å². The van der Waals surface area contributed by atoms with Crippen molar-refractivity contribution < 1.29 is 18.3 Å². The van der Waals surface area contributed by atoms with Gasteiger partial charge in [0.25, 0.3) is 5.69 Å². The highest BCUT2D eigenvalue weighted by Crippen LogP contribution is 2.36. The Balaban J connectivity index is 0.00000400. The highest BCUT2D eigenvalue weighted by Gasteiger charge is 2.41. The zero-order valence-corrected chi connectivity index (χ0v) is 13.0. The van der Waals surface area contributed by atoms with Crippen LogP contribution in [0.2, 0.25) is 0 Å². The lowest BCUT2D eigenvalue weighted by Crippen LogP contribution is -2.29. The molecule has 118 valence electrons. The minimum absolute atomic E-state index is 0. The molecule has 9 nitrogen and oxygen atoms in total. The smallest absolute Gasteiger partial charge is 0.264 e. The molecule has 0 unspecified atom stereocenters. The van der Waals surface area contributed by atoms with Gasteiger partial charge in [-0.3, -0.25) is 20.2 Å². The van der Waals surface area contributed by atoms with Gasteiger partial charge in [-0.15, -0.1) is 12.4 Å². The van der Waals surface area contributed by atoms with E-state index in [9.17, 15) is 28.6 Å². The molecule has 0 atom stereocenters. The number of benzene rings is 1. The predicted molar refractivity (Wildman–Crippen MR) is 76.5 cm³/mol. The number of halogens is 1. The molecule has 0 amide bonds.